The molecule has 38 heavy (non-hydrogen) atoms. The second-order valence-corrected chi connectivity index (χ2v) is 15.4. The SMILES string of the molecule is CC(C)(C)[Si](Oc1ccc(C(NC(=O)c2ccccc2)C(=O)O)cc1I)(c1ccccc1)c1ccccc1. The summed E-state index contributed by atoms with van der Waals surface area (Å²) >= 11 is 2.19. The predicted molar refractivity (Wildman–Crippen MR) is 162 cm³/mol. The highest BCUT2D eigenvalue weighted by atomic mass is 127. The van der Waals surface area contributed by atoms with E-state index in [1.165, 1.54) is 0 Å². The van der Waals surface area contributed by atoms with Gasteiger partial charge in [-0.05, 0) is 67.8 Å². The molecule has 4 aromatic rings. The minimum Gasteiger partial charge on any atom is -0.533 e. The molecule has 0 spiro atoms. The molecule has 0 fully saturated rings. The Morgan fingerprint density at radius 1 is 0.816 bits per heavy atom. The van der Waals surface area contributed by atoms with Gasteiger partial charge >= 0.3 is 14.3 Å². The molecule has 0 bridgehead atoms. The Kier molecular flexibility index (Phi) is 8.37. The van der Waals surface area contributed by atoms with Crippen LogP contribution in [0.2, 0.25) is 5.04 Å². The van der Waals surface area contributed by atoms with Crippen LogP contribution in [0.3, 0.4) is 0 Å². The third-order valence-electron chi connectivity index (χ3n) is 6.53. The molecule has 0 saturated heterocycles. The predicted octanol–water partition coefficient (Wildman–Crippen LogP) is 5.79. The Balaban J connectivity index is 1.74. The normalized spacial score (nSPS) is 12.4. The molecule has 4 rings (SSSR count). The average molecular weight is 636 g/mol. The summed E-state index contributed by atoms with van der Waals surface area (Å²) in [6.45, 7) is 6.63. The fourth-order valence-corrected chi connectivity index (χ4v) is 9.98. The molecule has 1 atom stereocenters. The molecular weight excluding hydrogens is 605 g/mol. The van der Waals surface area contributed by atoms with Crippen LogP contribution in [0, 0.1) is 3.57 Å². The lowest BCUT2D eigenvalue weighted by Crippen LogP contribution is -2.68. The summed E-state index contributed by atoms with van der Waals surface area (Å²) in [5.41, 5.74) is 0.876. The molecule has 7 heteroatoms. The quantitative estimate of drug-likeness (QED) is 0.190. The first-order valence-electron chi connectivity index (χ1n) is 12.3. The van der Waals surface area contributed by atoms with Crippen LogP contribution in [-0.4, -0.2) is 25.3 Å². The smallest absolute Gasteiger partial charge is 0.330 e. The van der Waals surface area contributed by atoms with E-state index < -0.39 is 26.2 Å². The number of halogens is 1. The van der Waals surface area contributed by atoms with Gasteiger partial charge in [-0.1, -0.05) is 106 Å². The van der Waals surface area contributed by atoms with Gasteiger partial charge in [0.1, 0.15) is 5.75 Å². The van der Waals surface area contributed by atoms with Gasteiger partial charge in [0.2, 0.25) is 0 Å². The zero-order valence-electron chi connectivity index (χ0n) is 21.5. The number of hydrogen-bond donors (Lipinski definition) is 2. The van der Waals surface area contributed by atoms with Crippen molar-refractivity contribution in [3.63, 3.8) is 0 Å². The highest BCUT2D eigenvalue weighted by Crippen LogP contribution is 2.39. The number of aliphatic carboxylic acids is 1. The first-order chi connectivity index (χ1) is 18.1. The van der Waals surface area contributed by atoms with E-state index in [0.717, 1.165) is 13.9 Å². The van der Waals surface area contributed by atoms with Gasteiger partial charge in [0.15, 0.2) is 6.04 Å². The molecule has 0 aliphatic carbocycles. The van der Waals surface area contributed by atoms with E-state index in [1.807, 2.05) is 42.5 Å². The molecule has 0 aliphatic rings. The van der Waals surface area contributed by atoms with Crippen molar-refractivity contribution in [1.29, 1.82) is 0 Å². The number of amides is 1. The number of carboxylic acid groups (broad SMARTS) is 1. The Morgan fingerprint density at radius 3 is 1.76 bits per heavy atom. The molecule has 194 valence electrons. The molecular formula is C31H30INO4Si. The van der Waals surface area contributed by atoms with Crippen molar-refractivity contribution in [3.05, 3.63) is 124 Å². The van der Waals surface area contributed by atoms with E-state index in [0.29, 0.717) is 16.9 Å². The molecule has 1 amide bonds. The maximum atomic E-state index is 12.7. The van der Waals surface area contributed by atoms with Crippen LogP contribution in [0.5, 0.6) is 5.75 Å². The van der Waals surface area contributed by atoms with Gasteiger partial charge in [-0.25, -0.2) is 4.79 Å². The van der Waals surface area contributed by atoms with E-state index in [-0.39, 0.29) is 5.04 Å². The number of rotatable bonds is 8. The molecule has 5 nitrogen and oxygen atoms in total. The zero-order valence-corrected chi connectivity index (χ0v) is 24.7. The second kappa shape index (κ2) is 11.5. The highest BCUT2D eigenvalue weighted by Gasteiger charge is 2.52. The van der Waals surface area contributed by atoms with Crippen molar-refractivity contribution in [3.8, 4) is 5.75 Å². The zero-order chi connectivity index (χ0) is 27.3. The average Bonchev–Trinajstić information content (AvgIpc) is 2.91. The van der Waals surface area contributed by atoms with E-state index in [1.54, 1.807) is 42.5 Å². The number of nitrogens with one attached hydrogen (secondary N) is 1. The van der Waals surface area contributed by atoms with Crippen LogP contribution in [0.1, 0.15) is 42.7 Å². The van der Waals surface area contributed by atoms with Crippen LogP contribution in [0.4, 0.5) is 0 Å². The number of carboxylic acids is 1. The fourth-order valence-electron chi connectivity index (χ4n) is 4.69. The van der Waals surface area contributed by atoms with Gasteiger partial charge in [0, 0.05) is 5.56 Å². The molecule has 0 radical (unpaired) electrons. The summed E-state index contributed by atoms with van der Waals surface area (Å²) in [6.07, 6.45) is 0. The van der Waals surface area contributed by atoms with Crippen molar-refractivity contribution >= 4 is 53.2 Å². The first kappa shape index (κ1) is 27.6. The first-order valence-corrected chi connectivity index (χ1v) is 15.3. The number of benzene rings is 4. The molecule has 0 aliphatic heterocycles. The lowest BCUT2D eigenvalue weighted by atomic mass is 10.1. The lowest BCUT2D eigenvalue weighted by molar-refractivity contribution is -0.139. The summed E-state index contributed by atoms with van der Waals surface area (Å²) < 4.78 is 7.88. The summed E-state index contributed by atoms with van der Waals surface area (Å²) in [5.74, 6) is -0.895. The van der Waals surface area contributed by atoms with Gasteiger partial charge in [-0.2, -0.15) is 0 Å². The Labute approximate surface area is 238 Å². The minimum absolute atomic E-state index is 0.218. The molecule has 1 unspecified atom stereocenters. The van der Waals surface area contributed by atoms with Crippen molar-refractivity contribution in [2.45, 2.75) is 31.9 Å². The second-order valence-electron chi connectivity index (χ2n) is 10.1. The standard InChI is InChI=1S/C31H30INO4Si/c1-31(2,3)38(24-15-9-5-10-16-24,25-17-11-6-12-18-25)37-27-20-19-23(21-26(27)32)28(30(35)36)33-29(34)22-13-7-4-8-14-22/h4-21,28H,1-3H3,(H,33,34)(H,35,36). The Hall–Kier alpha value is -3.43. The van der Waals surface area contributed by atoms with E-state index in [9.17, 15) is 14.7 Å². The number of carbonyl (C=O) groups is 2. The van der Waals surface area contributed by atoms with Crippen LogP contribution in [0.25, 0.3) is 0 Å². The minimum atomic E-state index is -2.85. The molecule has 2 N–H and O–H groups in total. The van der Waals surface area contributed by atoms with Crippen molar-refractivity contribution in [2.24, 2.45) is 0 Å². The number of carbonyl (C=O) groups excluding carboxylic acids is 1. The van der Waals surface area contributed by atoms with Crippen LogP contribution in [-0.2, 0) is 4.79 Å². The van der Waals surface area contributed by atoms with Gasteiger partial charge in [0.25, 0.3) is 5.91 Å². The summed E-state index contributed by atoms with van der Waals surface area (Å²) in [4.78, 5) is 24.9. The van der Waals surface area contributed by atoms with E-state index >= 15 is 0 Å². The van der Waals surface area contributed by atoms with Gasteiger partial charge in [-0.15, -0.1) is 0 Å². The third-order valence-corrected chi connectivity index (χ3v) is 12.3. The summed E-state index contributed by atoms with van der Waals surface area (Å²) in [6, 6.07) is 33.4. The van der Waals surface area contributed by atoms with Crippen LogP contribution >= 0.6 is 22.6 Å². The molecule has 0 aromatic heterocycles. The Bertz CT molecular complexity index is 1370. The van der Waals surface area contributed by atoms with E-state index in [2.05, 4.69) is 72.9 Å². The van der Waals surface area contributed by atoms with E-state index in [4.69, 9.17) is 4.43 Å². The summed E-state index contributed by atoms with van der Waals surface area (Å²) in [5, 5.41) is 14.7. The van der Waals surface area contributed by atoms with Crippen molar-refractivity contribution < 1.29 is 19.1 Å². The maximum Gasteiger partial charge on any atom is 0.330 e. The van der Waals surface area contributed by atoms with Gasteiger partial charge in [0.05, 0.1) is 3.57 Å². The number of hydrogen-bond acceptors (Lipinski definition) is 3. The fraction of sp³-hybridized carbons (Fsp3) is 0.161. The highest BCUT2D eigenvalue weighted by molar-refractivity contribution is 14.1. The lowest BCUT2D eigenvalue weighted by Gasteiger charge is -2.43. The topological polar surface area (TPSA) is 75.6 Å². The molecule has 0 heterocycles. The largest absolute Gasteiger partial charge is 0.533 e. The summed E-state index contributed by atoms with van der Waals surface area (Å²) in [7, 11) is -2.85. The van der Waals surface area contributed by atoms with Crippen LogP contribution < -0.4 is 20.1 Å². The van der Waals surface area contributed by atoms with Gasteiger partial charge in [-0.3, -0.25) is 4.79 Å². The third kappa shape index (κ3) is 5.68. The molecule has 4 aromatic carbocycles. The monoisotopic (exact) mass is 635 g/mol. The van der Waals surface area contributed by atoms with Crippen LogP contribution in [0.15, 0.2) is 109 Å². The van der Waals surface area contributed by atoms with Crippen molar-refractivity contribution in [1.82, 2.24) is 5.32 Å². The van der Waals surface area contributed by atoms with Crippen molar-refractivity contribution in [2.75, 3.05) is 0 Å². The van der Waals surface area contributed by atoms with Gasteiger partial charge < -0.3 is 14.8 Å². The Morgan fingerprint density at radius 2 is 1.32 bits per heavy atom. The molecule has 0 saturated carbocycles. The maximum absolute atomic E-state index is 12.7.